The fraction of sp³-hybridized carbons (Fsp3) is 0.133. The molecule has 0 atom stereocenters. The van der Waals surface area contributed by atoms with Gasteiger partial charge in [-0.15, -0.1) is 0 Å². The number of carbonyl (C=O) groups is 1. The lowest BCUT2D eigenvalue weighted by Gasteiger charge is -2.15. The fourth-order valence-corrected chi connectivity index (χ4v) is 2.64. The van der Waals surface area contributed by atoms with Gasteiger partial charge < -0.3 is 5.73 Å². The summed E-state index contributed by atoms with van der Waals surface area (Å²) in [4.78, 5) is 11.5. The summed E-state index contributed by atoms with van der Waals surface area (Å²) in [6.45, 7) is 1.96. The van der Waals surface area contributed by atoms with Gasteiger partial charge in [0.1, 0.15) is 0 Å². The van der Waals surface area contributed by atoms with Crippen LogP contribution in [0.5, 0.6) is 0 Å². The van der Waals surface area contributed by atoms with E-state index in [0.29, 0.717) is 22.0 Å². The Morgan fingerprint density at radius 1 is 1.21 bits per heavy atom. The van der Waals surface area contributed by atoms with E-state index in [9.17, 15) is 4.79 Å². The van der Waals surface area contributed by atoms with Crippen molar-refractivity contribution in [1.29, 1.82) is 0 Å². The van der Waals surface area contributed by atoms with E-state index < -0.39 is 5.91 Å². The van der Waals surface area contributed by atoms with Crippen molar-refractivity contribution in [2.45, 2.75) is 13.3 Å². The standard InChI is InChI=1S/C15H13Cl2NO/c1-2-10-11(15(18)19)8-12(16)14(17)13(10)9-6-4-3-5-7-9/h3-8H,2H2,1H3,(H2,18,19). The normalized spacial score (nSPS) is 10.5. The first-order chi connectivity index (χ1) is 9.06. The molecule has 0 heterocycles. The maximum absolute atomic E-state index is 11.5. The highest BCUT2D eigenvalue weighted by Crippen LogP contribution is 2.38. The van der Waals surface area contributed by atoms with Crippen LogP contribution >= 0.6 is 23.2 Å². The van der Waals surface area contributed by atoms with Gasteiger partial charge in [-0.05, 0) is 23.6 Å². The third-order valence-corrected chi connectivity index (χ3v) is 3.80. The number of benzene rings is 2. The van der Waals surface area contributed by atoms with Crippen LogP contribution in [-0.4, -0.2) is 5.91 Å². The van der Waals surface area contributed by atoms with Gasteiger partial charge in [-0.2, -0.15) is 0 Å². The molecule has 19 heavy (non-hydrogen) atoms. The molecule has 0 aromatic heterocycles. The lowest BCUT2D eigenvalue weighted by molar-refractivity contribution is 0.0999. The molecule has 0 aliphatic rings. The van der Waals surface area contributed by atoms with Crippen LogP contribution in [0.3, 0.4) is 0 Å². The topological polar surface area (TPSA) is 43.1 Å². The second-order valence-corrected chi connectivity index (χ2v) is 4.94. The molecule has 2 rings (SSSR count). The average molecular weight is 294 g/mol. The number of nitrogens with two attached hydrogens (primary N) is 1. The van der Waals surface area contributed by atoms with Gasteiger partial charge >= 0.3 is 0 Å². The van der Waals surface area contributed by atoms with E-state index >= 15 is 0 Å². The van der Waals surface area contributed by atoms with E-state index in [1.165, 1.54) is 6.07 Å². The third-order valence-electron chi connectivity index (χ3n) is 3.01. The van der Waals surface area contributed by atoms with Crippen LogP contribution < -0.4 is 5.73 Å². The highest BCUT2D eigenvalue weighted by molar-refractivity contribution is 6.44. The minimum atomic E-state index is -0.493. The second kappa shape index (κ2) is 5.64. The Hall–Kier alpha value is -1.51. The number of hydrogen-bond donors (Lipinski definition) is 1. The SMILES string of the molecule is CCc1c(C(N)=O)cc(Cl)c(Cl)c1-c1ccccc1. The number of hydrogen-bond acceptors (Lipinski definition) is 1. The summed E-state index contributed by atoms with van der Waals surface area (Å²) in [6.07, 6.45) is 0.652. The quantitative estimate of drug-likeness (QED) is 0.900. The van der Waals surface area contributed by atoms with E-state index in [1.807, 2.05) is 37.3 Å². The molecular formula is C15H13Cl2NO. The summed E-state index contributed by atoms with van der Waals surface area (Å²) in [7, 11) is 0. The summed E-state index contributed by atoms with van der Waals surface area (Å²) in [5.41, 5.74) is 8.38. The van der Waals surface area contributed by atoms with Gasteiger partial charge in [0.2, 0.25) is 5.91 Å². The molecule has 1 amide bonds. The Labute approximate surface area is 122 Å². The minimum absolute atomic E-state index is 0.339. The second-order valence-electron chi connectivity index (χ2n) is 4.16. The van der Waals surface area contributed by atoms with Gasteiger partial charge in [0.25, 0.3) is 0 Å². The molecule has 0 unspecified atom stereocenters. The number of carbonyl (C=O) groups excluding carboxylic acids is 1. The summed E-state index contributed by atoms with van der Waals surface area (Å²) in [5, 5.41) is 0.793. The Bertz CT molecular complexity index is 624. The van der Waals surface area contributed by atoms with Gasteiger partial charge in [0.05, 0.1) is 10.0 Å². The highest BCUT2D eigenvalue weighted by Gasteiger charge is 2.18. The number of halogens is 2. The molecule has 4 heteroatoms. The number of amides is 1. The Morgan fingerprint density at radius 2 is 1.84 bits per heavy atom. The Balaban J connectivity index is 2.81. The Morgan fingerprint density at radius 3 is 2.37 bits per heavy atom. The minimum Gasteiger partial charge on any atom is -0.366 e. The van der Waals surface area contributed by atoms with Crippen LogP contribution in [0.4, 0.5) is 0 Å². The Kier molecular flexibility index (Phi) is 4.13. The lowest BCUT2D eigenvalue weighted by Crippen LogP contribution is -2.14. The molecular weight excluding hydrogens is 281 g/mol. The predicted molar refractivity (Wildman–Crippen MR) is 79.8 cm³/mol. The van der Waals surface area contributed by atoms with Crippen LogP contribution in [0, 0.1) is 0 Å². The van der Waals surface area contributed by atoms with Gasteiger partial charge in [0, 0.05) is 11.1 Å². The fourth-order valence-electron chi connectivity index (χ4n) is 2.16. The van der Waals surface area contributed by atoms with Crippen molar-refractivity contribution in [2.75, 3.05) is 0 Å². The first kappa shape index (κ1) is 13.9. The number of rotatable bonds is 3. The molecule has 2 aromatic rings. The van der Waals surface area contributed by atoms with E-state index in [4.69, 9.17) is 28.9 Å². The van der Waals surface area contributed by atoms with Crippen molar-refractivity contribution in [1.82, 2.24) is 0 Å². The molecule has 0 aliphatic heterocycles. The van der Waals surface area contributed by atoms with Gasteiger partial charge in [-0.1, -0.05) is 60.5 Å². The van der Waals surface area contributed by atoms with Gasteiger partial charge in [-0.3, -0.25) is 4.79 Å². The zero-order chi connectivity index (χ0) is 14.0. The van der Waals surface area contributed by atoms with Crippen molar-refractivity contribution in [3.8, 4) is 11.1 Å². The molecule has 0 radical (unpaired) electrons. The van der Waals surface area contributed by atoms with Crippen molar-refractivity contribution in [3.05, 3.63) is 57.6 Å². The van der Waals surface area contributed by atoms with Crippen LogP contribution in [0.2, 0.25) is 10.0 Å². The zero-order valence-corrected chi connectivity index (χ0v) is 11.9. The first-order valence-electron chi connectivity index (χ1n) is 5.92. The van der Waals surface area contributed by atoms with Crippen LogP contribution in [0.25, 0.3) is 11.1 Å². The summed E-state index contributed by atoms with van der Waals surface area (Å²) < 4.78 is 0. The van der Waals surface area contributed by atoms with Crippen LogP contribution in [-0.2, 0) is 6.42 Å². The first-order valence-corrected chi connectivity index (χ1v) is 6.68. The van der Waals surface area contributed by atoms with E-state index in [1.54, 1.807) is 0 Å². The number of primary amides is 1. The molecule has 2 nitrogen and oxygen atoms in total. The molecule has 0 bridgehead atoms. The molecule has 0 fully saturated rings. The van der Waals surface area contributed by atoms with Crippen molar-refractivity contribution in [3.63, 3.8) is 0 Å². The smallest absolute Gasteiger partial charge is 0.249 e. The molecule has 0 saturated heterocycles. The van der Waals surface area contributed by atoms with Crippen molar-refractivity contribution in [2.24, 2.45) is 5.73 Å². The summed E-state index contributed by atoms with van der Waals surface area (Å²) in [6, 6.07) is 11.1. The van der Waals surface area contributed by atoms with E-state index in [-0.39, 0.29) is 0 Å². The summed E-state index contributed by atoms with van der Waals surface area (Å²) >= 11 is 12.4. The molecule has 98 valence electrons. The molecule has 2 aromatic carbocycles. The van der Waals surface area contributed by atoms with Crippen molar-refractivity contribution >= 4 is 29.1 Å². The maximum atomic E-state index is 11.5. The zero-order valence-electron chi connectivity index (χ0n) is 10.4. The molecule has 0 aliphatic carbocycles. The average Bonchev–Trinajstić information content (AvgIpc) is 2.41. The van der Waals surface area contributed by atoms with E-state index in [0.717, 1.165) is 16.7 Å². The van der Waals surface area contributed by atoms with Gasteiger partial charge in [0.15, 0.2) is 0 Å². The lowest BCUT2D eigenvalue weighted by atomic mass is 9.93. The molecule has 0 saturated carbocycles. The van der Waals surface area contributed by atoms with Crippen molar-refractivity contribution < 1.29 is 4.79 Å². The van der Waals surface area contributed by atoms with Gasteiger partial charge in [-0.25, -0.2) is 0 Å². The highest BCUT2D eigenvalue weighted by atomic mass is 35.5. The third kappa shape index (κ3) is 2.60. The molecule has 2 N–H and O–H groups in total. The summed E-state index contributed by atoms with van der Waals surface area (Å²) in [5.74, 6) is -0.493. The monoisotopic (exact) mass is 293 g/mol. The van der Waals surface area contributed by atoms with E-state index in [2.05, 4.69) is 0 Å². The van der Waals surface area contributed by atoms with Crippen LogP contribution in [0.15, 0.2) is 36.4 Å². The largest absolute Gasteiger partial charge is 0.366 e. The molecule has 0 spiro atoms. The van der Waals surface area contributed by atoms with Crippen LogP contribution in [0.1, 0.15) is 22.8 Å². The predicted octanol–water partition coefficient (Wildman–Crippen LogP) is 4.32. The maximum Gasteiger partial charge on any atom is 0.249 e.